The van der Waals surface area contributed by atoms with Crippen LogP contribution in [0.4, 0.5) is 0 Å². The average molecular weight is 288 g/mol. The molecule has 0 spiro atoms. The van der Waals surface area contributed by atoms with E-state index in [4.69, 9.17) is 4.84 Å². The topological polar surface area (TPSA) is 75.7 Å². The fraction of sp³-hybridized carbons (Fsp3) is 0.400. The van der Waals surface area contributed by atoms with E-state index >= 15 is 0 Å². The zero-order valence-corrected chi connectivity index (χ0v) is 11.5. The monoisotopic (exact) mass is 288 g/mol. The fourth-order valence-corrected chi connectivity index (χ4v) is 2.71. The molecule has 6 heteroatoms. The maximum atomic E-state index is 12.1. The highest BCUT2D eigenvalue weighted by molar-refractivity contribution is 6.20. The molecule has 0 unspecified atom stereocenters. The normalized spacial score (nSPS) is 18.8. The summed E-state index contributed by atoms with van der Waals surface area (Å²) < 4.78 is 0. The maximum Gasteiger partial charge on any atom is 0.333 e. The van der Waals surface area contributed by atoms with Crippen LogP contribution in [0.2, 0.25) is 0 Å². The molecule has 0 saturated carbocycles. The Hall–Kier alpha value is -2.21. The molecule has 0 bridgehead atoms. The van der Waals surface area contributed by atoms with Gasteiger partial charge in [-0.3, -0.25) is 9.59 Å². The lowest BCUT2D eigenvalue weighted by Gasteiger charge is -2.22. The number of imide groups is 1. The molecule has 6 nitrogen and oxygen atoms in total. The van der Waals surface area contributed by atoms with E-state index in [2.05, 4.69) is 5.32 Å². The van der Waals surface area contributed by atoms with Crippen LogP contribution in [-0.2, 0) is 9.63 Å². The molecular formula is C15H16N2O4. The number of carbonyl (C=O) groups excluding carboxylic acids is 3. The summed E-state index contributed by atoms with van der Waals surface area (Å²) in [5.74, 6) is -1.44. The number of benzene rings is 1. The van der Waals surface area contributed by atoms with E-state index in [1.54, 1.807) is 24.3 Å². The van der Waals surface area contributed by atoms with Gasteiger partial charge in [0.15, 0.2) is 0 Å². The van der Waals surface area contributed by atoms with Crippen LogP contribution in [0.15, 0.2) is 24.3 Å². The third kappa shape index (κ3) is 2.67. The number of carbonyl (C=O) groups is 3. The van der Waals surface area contributed by atoms with Gasteiger partial charge >= 0.3 is 5.97 Å². The van der Waals surface area contributed by atoms with Gasteiger partial charge in [-0.05, 0) is 44.0 Å². The minimum absolute atomic E-state index is 0.231. The maximum absolute atomic E-state index is 12.1. The van der Waals surface area contributed by atoms with E-state index in [-0.39, 0.29) is 23.5 Å². The summed E-state index contributed by atoms with van der Waals surface area (Å²) in [5.41, 5.74) is 0.550. The molecule has 2 amide bonds. The van der Waals surface area contributed by atoms with E-state index in [9.17, 15) is 14.4 Å². The van der Waals surface area contributed by atoms with Crippen LogP contribution in [0.3, 0.4) is 0 Å². The molecule has 0 aliphatic carbocycles. The van der Waals surface area contributed by atoms with E-state index in [1.165, 1.54) is 0 Å². The number of rotatable bonds is 3. The Morgan fingerprint density at radius 3 is 2.29 bits per heavy atom. The average Bonchev–Trinajstić information content (AvgIpc) is 2.74. The minimum Gasteiger partial charge on any atom is -0.330 e. The summed E-state index contributed by atoms with van der Waals surface area (Å²) in [6.07, 6.45) is 2.03. The SMILES string of the molecule is O=C(CC1CCNCC1)ON1C(=O)c2ccccc2C1=O. The first kappa shape index (κ1) is 13.8. The first-order valence-electron chi connectivity index (χ1n) is 7.06. The number of amides is 2. The summed E-state index contributed by atoms with van der Waals surface area (Å²) in [5, 5.41) is 3.79. The predicted octanol–water partition coefficient (Wildman–Crippen LogP) is 1.13. The zero-order chi connectivity index (χ0) is 14.8. The van der Waals surface area contributed by atoms with Gasteiger partial charge in [0.25, 0.3) is 11.8 Å². The Morgan fingerprint density at radius 1 is 1.14 bits per heavy atom. The van der Waals surface area contributed by atoms with Crippen LogP contribution in [-0.4, -0.2) is 35.9 Å². The van der Waals surface area contributed by atoms with Crippen LogP contribution in [0, 0.1) is 5.92 Å². The van der Waals surface area contributed by atoms with Crippen molar-refractivity contribution < 1.29 is 19.2 Å². The first-order valence-corrected chi connectivity index (χ1v) is 7.06. The summed E-state index contributed by atoms with van der Waals surface area (Å²) in [4.78, 5) is 41.0. The Bertz CT molecular complexity index is 558. The van der Waals surface area contributed by atoms with Gasteiger partial charge in [0.1, 0.15) is 0 Å². The Balaban J connectivity index is 1.64. The van der Waals surface area contributed by atoms with E-state index in [0.717, 1.165) is 25.9 Å². The molecule has 110 valence electrons. The van der Waals surface area contributed by atoms with Gasteiger partial charge in [-0.25, -0.2) is 4.79 Å². The van der Waals surface area contributed by atoms with Crippen LogP contribution in [0.1, 0.15) is 40.0 Å². The highest BCUT2D eigenvalue weighted by atomic mass is 16.7. The molecule has 21 heavy (non-hydrogen) atoms. The Kier molecular flexibility index (Phi) is 3.70. The lowest BCUT2D eigenvalue weighted by atomic mass is 9.95. The summed E-state index contributed by atoms with van der Waals surface area (Å²) >= 11 is 0. The molecule has 1 saturated heterocycles. The van der Waals surface area contributed by atoms with E-state index in [1.807, 2.05) is 0 Å². The highest BCUT2D eigenvalue weighted by Gasteiger charge is 2.38. The summed E-state index contributed by atoms with van der Waals surface area (Å²) in [7, 11) is 0. The smallest absolute Gasteiger partial charge is 0.330 e. The Morgan fingerprint density at radius 2 is 1.71 bits per heavy atom. The molecule has 1 fully saturated rings. The zero-order valence-electron chi connectivity index (χ0n) is 11.5. The summed E-state index contributed by atoms with van der Waals surface area (Å²) in [6, 6.07) is 6.45. The quantitative estimate of drug-likeness (QED) is 0.844. The van der Waals surface area contributed by atoms with Crippen LogP contribution >= 0.6 is 0 Å². The Labute approximate surface area is 122 Å². The molecule has 2 aliphatic rings. The summed E-state index contributed by atoms with van der Waals surface area (Å²) in [6.45, 7) is 1.76. The number of fused-ring (bicyclic) bond motifs is 1. The molecule has 2 aliphatic heterocycles. The van der Waals surface area contributed by atoms with Gasteiger partial charge in [0.05, 0.1) is 17.5 Å². The number of piperidine rings is 1. The number of nitrogens with one attached hydrogen (secondary N) is 1. The van der Waals surface area contributed by atoms with Crippen molar-refractivity contribution in [1.29, 1.82) is 0 Å². The van der Waals surface area contributed by atoms with Crippen molar-refractivity contribution in [1.82, 2.24) is 10.4 Å². The van der Waals surface area contributed by atoms with Gasteiger partial charge < -0.3 is 10.2 Å². The standard InChI is InChI=1S/C15H16N2O4/c18-13(9-10-5-7-16-8-6-10)21-17-14(19)11-3-1-2-4-12(11)15(17)20/h1-4,10,16H,5-9H2. The third-order valence-corrected chi connectivity index (χ3v) is 3.86. The molecule has 2 heterocycles. The molecule has 1 aromatic rings. The van der Waals surface area contributed by atoms with E-state index in [0.29, 0.717) is 5.06 Å². The van der Waals surface area contributed by atoms with Crippen molar-refractivity contribution in [2.75, 3.05) is 13.1 Å². The predicted molar refractivity (Wildman–Crippen MR) is 73.2 cm³/mol. The second-order valence-electron chi connectivity index (χ2n) is 5.31. The molecule has 0 atom stereocenters. The van der Waals surface area contributed by atoms with Crippen molar-refractivity contribution >= 4 is 17.8 Å². The van der Waals surface area contributed by atoms with Crippen molar-refractivity contribution in [2.24, 2.45) is 5.92 Å². The molecule has 3 rings (SSSR count). The molecule has 1 N–H and O–H groups in total. The lowest BCUT2D eigenvalue weighted by Crippen LogP contribution is -2.34. The van der Waals surface area contributed by atoms with Crippen LogP contribution in [0.5, 0.6) is 0 Å². The largest absolute Gasteiger partial charge is 0.333 e. The van der Waals surface area contributed by atoms with Crippen LogP contribution < -0.4 is 5.32 Å². The third-order valence-electron chi connectivity index (χ3n) is 3.86. The fourth-order valence-electron chi connectivity index (χ4n) is 2.71. The van der Waals surface area contributed by atoms with Gasteiger partial charge in [-0.1, -0.05) is 17.2 Å². The second kappa shape index (κ2) is 5.65. The van der Waals surface area contributed by atoms with Crippen molar-refractivity contribution in [3.63, 3.8) is 0 Å². The number of hydrogen-bond donors (Lipinski definition) is 1. The molecule has 1 aromatic carbocycles. The van der Waals surface area contributed by atoms with Gasteiger partial charge in [-0.15, -0.1) is 0 Å². The van der Waals surface area contributed by atoms with E-state index < -0.39 is 17.8 Å². The molecule has 0 radical (unpaired) electrons. The van der Waals surface area contributed by atoms with Gasteiger partial charge in [0.2, 0.25) is 0 Å². The number of hydroxylamine groups is 2. The number of hydrogen-bond acceptors (Lipinski definition) is 5. The molecule has 0 aromatic heterocycles. The van der Waals surface area contributed by atoms with Crippen LogP contribution in [0.25, 0.3) is 0 Å². The lowest BCUT2D eigenvalue weighted by molar-refractivity contribution is -0.169. The highest BCUT2D eigenvalue weighted by Crippen LogP contribution is 2.24. The minimum atomic E-state index is -0.575. The van der Waals surface area contributed by atoms with Gasteiger partial charge in [0, 0.05) is 0 Å². The second-order valence-corrected chi connectivity index (χ2v) is 5.31. The van der Waals surface area contributed by atoms with Crippen molar-refractivity contribution in [3.8, 4) is 0 Å². The van der Waals surface area contributed by atoms with Crippen molar-refractivity contribution in [2.45, 2.75) is 19.3 Å². The number of nitrogens with zero attached hydrogens (tertiary/aromatic N) is 1. The van der Waals surface area contributed by atoms with Gasteiger partial charge in [-0.2, -0.15) is 0 Å². The molecular weight excluding hydrogens is 272 g/mol. The van der Waals surface area contributed by atoms with Crippen molar-refractivity contribution in [3.05, 3.63) is 35.4 Å². The first-order chi connectivity index (χ1) is 10.2.